The third-order valence-corrected chi connectivity index (χ3v) is 3.97. The molecule has 0 saturated carbocycles. The highest BCUT2D eigenvalue weighted by Crippen LogP contribution is 2.29. The minimum atomic E-state index is -4.39. The lowest BCUT2D eigenvalue weighted by atomic mass is 10.1. The van der Waals surface area contributed by atoms with Crippen LogP contribution >= 0.6 is 0 Å². The number of aliphatic hydroxyl groups is 1. The molecule has 0 aliphatic carbocycles. The number of benzene rings is 1. The summed E-state index contributed by atoms with van der Waals surface area (Å²) >= 11 is 0. The molecule has 1 heterocycles. The number of nitrogens with zero attached hydrogens (tertiary/aromatic N) is 1. The molecular weight excluding hydrogens is 309 g/mol. The number of rotatable bonds is 5. The predicted octanol–water partition coefficient (Wildman–Crippen LogP) is 2.28. The topological polar surface area (TPSA) is 52.6 Å². The molecule has 0 bridgehead atoms. The lowest BCUT2D eigenvalue weighted by Crippen LogP contribution is -2.37. The number of nitrogens with one attached hydrogen (secondary N) is 1. The van der Waals surface area contributed by atoms with Crippen LogP contribution in [0.15, 0.2) is 24.3 Å². The third kappa shape index (κ3) is 5.51. The van der Waals surface area contributed by atoms with Crippen molar-refractivity contribution in [3.63, 3.8) is 0 Å². The smallest absolute Gasteiger partial charge is 0.393 e. The number of carbonyl (C=O) groups is 1. The molecule has 2 N–H and O–H groups in total. The highest BCUT2D eigenvalue weighted by Gasteiger charge is 2.30. The molecular formula is C16H21F3N2O2. The van der Waals surface area contributed by atoms with Gasteiger partial charge in [-0.15, -0.1) is 0 Å². The second-order valence-corrected chi connectivity index (χ2v) is 5.76. The second kappa shape index (κ2) is 7.79. The second-order valence-electron chi connectivity index (χ2n) is 5.76. The van der Waals surface area contributed by atoms with Crippen molar-refractivity contribution in [1.82, 2.24) is 10.2 Å². The van der Waals surface area contributed by atoms with Gasteiger partial charge in [0.2, 0.25) is 0 Å². The molecule has 1 fully saturated rings. The van der Waals surface area contributed by atoms with Crippen molar-refractivity contribution < 1.29 is 23.1 Å². The molecule has 1 aromatic rings. The summed E-state index contributed by atoms with van der Waals surface area (Å²) < 4.78 is 37.3. The van der Waals surface area contributed by atoms with Gasteiger partial charge in [0, 0.05) is 25.2 Å². The van der Waals surface area contributed by atoms with Gasteiger partial charge in [-0.05, 0) is 50.1 Å². The Balaban J connectivity index is 1.70. The van der Waals surface area contributed by atoms with Gasteiger partial charge in [-0.1, -0.05) is 0 Å². The van der Waals surface area contributed by atoms with E-state index in [2.05, 4.69) is 10.2 Å². The van der Waals surface area contributed by atoms with Gasteiger partial charge in [0.15, 0.2) is 0 Å². The van der Waals surface area contributed by atoms with Crippen LogP contribution in [0.3, 0.4) is 0 Å². The van der Waals surface area contributed by atoms with Crippen molar-refractivity contribution in [1.29, 1.82) is 0 Å². The zero-order valence-electron chi connectivity index (χ0n) is 12.8. The van der Waals surface area contributed by atoms with Gasteiger partial charge < -0.3 is 15.3 Å². The zero-order valence-corrected chi connectivity index (χ0v) is 12.8. The Kier molecular flexibility index (Phi) is 6.01. The van der Waals surface area contributed by atoms with E-state index < -0.39 is 11.7 Å². The number of carbonyl (C=O) groups excluding carboxylic acids is 1. The summed E-state index contributed by atoms with van der Waals surface area (Å²) in [6.45, 7) is 3.01. The largest absolute Gasteiger partial charge is 0.416 e. The number of piperidine rings is 1. The highest BCUT2D eigenvalue weighted by atomic mass is 19.4. The Labute approximate surface area is 133 Å². The minimum Gasteiger partial charge on any atom is -0.393 e. The normalized spacial score (nSPS) is 17.2. The van der Waals surface area contributed by atoms with E-state index in [4.69, 9.17) is 0 Å². The molecule has 0 atom stereocenters. The van der Waals surface area contributed by atoms with Crippen molar-refractivity contribution >= 4 is 5.91 Å². The zero-order chi connectivity index (χ0) is 16.9. The number of amides is 1. The van der Waals surface area contributed by atoms with Crippen LogP contribution in [0.2, 0.25) is 0 Å². The van der Waals surface area contributed by atoms with Crippen LogP contribution in [-0.2, 0) is 6.18 Å². The van der Waals surface area contributed by atoms with Gasteiger partial charge in [0.05, 0.1) is 11.7 Å². The fraction of sp³-hybridized carbons (Fsp3) is 0.562. The fourth-order valence-electron chi connectivity index (χ4n) is 2.56. The molecule has 1 saturated heterocycles. The summed E-state index contributed by atoms with van der Waals surface area (Å²) in [6, 6.07) is 4.19. The van der Waals surface area contributed by atoms with E-state index in [1.54, 1.807) is 0 Å². The third-order valence-electron chi connectivity index (χ3n) is 3.97. The Morgan fingerprint density at radius 2 is 1.83 bits per heavy atom. The predicted molar refractivity (Wildman–Crippen MR) is 80.1 cm³/mol. The van der Waals surface area contributed by atoms with Crippen molar-refractivity contribution in [2.24, 2.45) is 0 Å². The summed E-state index contributed by atoms with van der Waals surface area (Å²) in [5.74, 6) is -0.368. The van der Waals surface area contributed by atoms with Crippen LogP contribution in [0.1, 0.15) is 35.2 Å². The molecule has 4 nitrogen and oxygen atoms in total. The monoisotopic (exact) mass is 330 g/mol. The fourth-order valence-corrected chi connectivity index (χ4v) is 2.56. The quantitative estimate of drug-likeness (QED) is 0.815. The summed E-state index contributed by atoms with van der Waals surface area (Å²) in [6.07, 6.45) is -2.28. The van der Waals surface area contributed by atoms with E-state index in [1.807, 2.05) is 0 Å². The first kappa shape index (κ1) is 17.7. The average Bonchev–Trinajstić information content (AvgIpc) is 2.52. The number of hydrogen-bond acceptors (Lipinski definition) is 3. The highest BCUT2D eigenvalue weighted by molar-refractivity contribution is 5.94. The molecule has 2 rings (SSSR count). The van der Waals surface area contributed by atoms with Gasteiger partial charge in [-0.25, -0.2) is 0 Å². The SMILES string of the molecule is O=C(NCCCN1CCC(O)CC1)c1ccc(C(F)(F)F)cc1. The molecule has 7 heteroatoms. The van der Waals surface area contributed by atoms with Crippen LogP contribution in [0, 0.1) is 0 Å². The molecule has 128 valence electrons. The summed E-state index contributed by atoms with van der Waals surface area (Å²) in [7, 11) is 0. The molecule has 1 aromatic carbocycles. The molecule has 0 aromatic heterocycles. The maximum Gasteiger partial charge on any atom is 0.416 e. The van der Waals surface area contributed by atoms with E-state index in [1.165, 1.54) is 12.1 Å². The van der Waals surface area contributed by atoms with E-state index >= 15 is 0 Å². The number of halogens is 3. The molecule has 1 aliphatic heterocycles. The first-order valence-electron chi connectivity index (χ1n) is 7.72. The van der Waals surface area contributed by atoms with Crippen LogP contribution < -0.4 is 5.32 Å². The van der Waals surface area contributed by atoms with Crippen molar-refractivity contribution in [3.8, 4) is 0 Å². The number of alkyl halides is 3. The van der Waals surface area contributed by atoms with Crippen molar-refractivity contribution in [3.05, 3.63) is 35.4 Å². The van der Waals surface area contributed by atoms with Crippen LogP contribution in [0.5, 0.6) is 0 Å². The van der Waals surface area contributed by atoms with E-state index in [0.717, 1.165) is 51.0 Å². The van der Waals surface area contributed by atoms with E-state index in [-0.39, 0.29) is 17.6 Å². The Hall–Kier alpha value is -1.60. The summed E-state index contributed by atoms with van der Waals surface area (Å²) in [4.78, 5) is 14.1. The molecule has 1 amide bonds. The van der Waals surface area contributed by atoms with Crippen LogP contribution in [0.4, 0.5) is 13.2 Å². The first-order valence-corrected chi connectivity index (χ1v) is 7.72. The molecule has 1 aliphatic rings. The van der Waals surface area contributed by atoms with Crippen molar-refractivity contribution in [2.45, 2.75) is 31.5 Å². The Bertz CT molecular complexity index is 509. The number of hydrogen-bond donors (Lipinski definition) is 2. The number of likely N-dealkylation sites (tertiary alicyclic amines) is 1. The number of aliphatic hydroxyl groups excluding tert-OH is 1. The maximum absolute atomic E-state index is 12.4. The van der Waals surface area contributed by atoms with Gasteiger partial charge in [0.25, 0.3) is 5.91 Å². The van der Waals surface area contributed by atoms with Gasteiger partial charge >= 0.3 is 6.18 Å². The van der Waals surface area contributed by atoms with Crippen LogP contribution in [-0.4, -0.2) is 48.2 Å². The van der Waals surface area contributed by atoms with E-state index in [0.29, 0.717) is 6.54 Å². The summed E-state index contributed by atoms with van der Waals surface area (Å²) in [5, 5.41) is 12.1. The molecule has 0 unspecified atom stereocenters. The first-order chi connectivity index (χ1) is 10.9. The van der Waals surface area contributed by atoms with Gasteiger partial charge in [0.1, 0.15) is 0 Å². The average molecular weight is 330 g/mol. The molecule has 0 spiro atoms. The van der Waals surface area contributed by atoms with E-state index in [9.17, 15) is 23.1 Å². The van der Waals surface area contributed by atoms with Crippen molar-refractivity contribution in [2.75, 3.05) is 26.2 Å². The summed E-state index contributed by atoms with van der Waals surface area (Å²) in [5.41, 5.74) is -0.541. The van der Waals surface area contributed by atoms with Gasteiger partial charge in [-0.3, -0.25) is 4.79 Å². The Morgan fingerprint density at radius 1 is 1.22 bits per heavy atom. The lowest BCUT2D eigenvalue weighted by Gasteiger charge is -2.29. The maximum atomic E-state index is 12.4. The molecule has 0 radical (unpaired) electrons. The standard InChI is InChI=1S/C16H21F3N2O2/c17-16(18,19)13-4-2-12(3-5-13)15(23)20-8-1-9-21-10-6-14(22)7-11-21/h2-5,14,22H,1,6-11H2,(H,20,23). The minimum absolute atomic E-state index is 0.203. The van der Waals surface area contributed by atoms with Gasteiger partial charge in [-0.2, -0.15) is 13.2 Å². The van der Waals surface area contributed by atoms with Crippen LogP contribution in [0.25, 0.3) is 0 Å². The molecule has 23 heavy (non-hydrogen) atoms. The lowest BCUT2D eigenvalue weighted by molar-refractivity contribution is -0.137. The Morgan fingerprint density at radius 3 is 2.39 bits per heavy atom.